The second-order valence-corrected chi connectivity index (χ2v) is 9.52. The fraction of sp³-hybridized carbons (Fsp3) is 0.360. The molecule has 0 aliphatic carbocycles. The van der Waals surface area contributed by atoms with Crippen molar-refractivity contribution in [1.29, 1.82) is 0 Å². The average Bonchev–Trinajstić information content (AvgIpc) is 3.15. The van der Waals surface area contributed by atoms with Gasteiger partial charge in [-0.3, -0.25) is 14.5 Å². The average molecular weight is 480 g/mol. The number of carbonyl (C=O) groups excluding carboxylic acids is 2. The van der Waals surface area contributed by atoms with Crippen LogP contribution in [0.2, 0.25) is 0 Å². The van der Waals surface area contributed by atoms with Crippen molar-refractivity contribution in [2.45, 2.75) is 44.0 Å². The minimum Gasteiger partial charge on any atom is -0.369 e. The zero-order valence-electron chi connectivity index (χ0n) is 19.4. The third-order valence-electron chi connectivity index (χ3n) is 6.13. The molecule has 2 amide bonds. The third-order valence-corrected chi connectivity index (χ3v) is 7.16. The smallest absolute Gasteiger partial charge is 0.258 e. The van der Waals surface area contributed by atoms with Crippen LogP contribution < -0.4 is 11.1 Å². The molecule has 178 valence electrons. The van der Waals surface area contributed by atoms with Gasteiger partial charge in [-0.15, -0.1) is 11.8 Å². The van der Waals surface area contributed by atoms with E-state index < -0.39 is 0 Å². The number of amides is 2. The third kappa shape index (κ3) is 5.84. The topological polar surface area (TPSA) is 114 Å². The van der Waals surface area contributed by atoms with Gasteiger partial charge in [-0.2, -0.15) is 0 Å². The number of benzene rings is 1. The lowest BCUT2D eigenvalue weighted by molar-refractivity contribution is -0.123. The molecule has 3 heterocycles. The standard InChI is InChI=1S/C25H29N5O3S/c1-16-22(17(2)33-29-16)15-34-25-21(7-4-10-27-25)24(32)28-20-6-3-5-18(13-20)14-30-11-8-19(9-12-30)23(26)31/h3-7,10,13,19H,8-9,11-12,14-15H2,1-2H3,(H2,26,31)(H,28,32). The number of likely N-dealkylation sites (tertiary alicyclic amines) is 1. The number of nitrogens with one attached hydrogen (secondary N) is 1. The maximum atomic E-state index is 13.1. The highest BCUT2D eigenvalue weighted by Crippen LogP contribution is 2.28. The van der Waals surface area contributed by atoms with Crippen molar-refractivity contribution < 1.29 is 14.1 Å². The summed E-state index contributed by atoms with van der Waals surface area (Å²) in [4.78, 5) is 31.2. The number of aryl methyl sites for hydroxylation is 2. The Morgan fingerprint density at radius 1 is 1.21 bits per heavy atom. The first kappa shape index (κ1) is 24.0. The Hall–Kier alpha value is -3.17. The molecule has 0 unspecified atom stereocenters. The van der Waals surface area contributed by atoms with E-state index in [1.165, 1.54) is 11.8 Å². The lowest BCUT2D eigenvalue weighted by atomic mass is 9.96. The number of aromatic nitrogens is 2. The number of hydrogen-bond acceptors (Lipinski definition) is 7. The number of nitrogens with two attached hydrogens (primary N) is 1. The normalized spacial score (nSPS) is 14.8. The predicted molar refractivity (Wildman–Crippen MR) is 131 cm³/mol. The molecule has 1 aromatic carbocycles. The lowest BCUT2D eigenvalue weighted by Crippen LogP contribution is -2.38. The van der Waals surface area contributed by atoms with Crippen molar-refractivity contribution in [3.63, 3.8) is 0 Å². The number of primary amides is 1. The molecule has 3 aromatic rings. The molecular formula is C25H29N5O3S. The molecule has 0 saturated carbocycles. The molecule has 1 aliphatic heterocycles. The van der Waals surface area contributed by atoms with Gasteiger partial charge in [0.05, 0.1) is 11.3 Å². The number of rotatable bonds is 8. The summed E-state index contributed by atoms with van der Waals surface area (Å²) in [7, 11) is 0. The highest BCUT2D eigenvalue weighted by molar-refractivity contribution is 7.98. The van der Waals surface area contributed by atoms with Gasteiger partial charge in [0.15, 0.2) is 0 Å². The number of nitrogens with zero attached hydrogens (tertiary/aromatic N) is 3. The van der Waals surface area contributed by atoms with E-state index in [2.05, 4.69) is 20.4 Å². The van der Waals surface area contributed by atoms with E-state index in [9.17, 15) is 9.59 Å². The van der Waals surface area contributed by atoms with Crippen LogP contribution >= 0.6 is 11.8 Å². The molecule has 0 radical (unpaired) electrons. The Balaban J connectivity index is 1.39. The van der Waals surface area contributed by atoms with Gasteiger partial charge < -0.3 is 15.6 Å². The number of hydrogen-bond donors (Lipinski definition) is 2. The van der Waals surface area contributed by atoms with Crippen molar-refractivity contribution >= 4 is 29.3 Å². The van der Waals surface area contributed by atoms with Crippen molar-refractivity contribution in [3.8, 4) is 0 Å². The maximum absolute atomic E-state index is 13.1. The summed E-state index contributed by atoms with van der Waals surface area (Å²) in [6.45, 7) is 6.23. The molecular weight excluding hydrogens is 450 g/mol. The van der Waals surface area contributed by atoms with Gasteiger partial charge in [-0.25, -0.2) is 4.98 Å². The van der Waals surface area contributed by atoms with E-state index in [-0.39, 0.29) is 17.7 Å². The highest BCUT2D eigenvalue weighted by Gasteiger charge is 2.23. The number of piperidine rings is 1. The summed E-state index contributed by atoms with van der Waals surface area (Å²) >= 11 is 1.49. The molecule has 1 fully saturated rings. The van der Waals surface area contributed by atoms with E-state index in [1.807, 2.05) is 38.1 Å². The number of pyridine rings is 1. The van der Waals surface area contributed by atoms with Crippen LogP contribution in [0.4, 0.5) is 5.69 Å². The highest BCUT2D eigenvalue weighted by atomic mass is 32.2. The Morgan fingerprint density at radius 2 is 2.00 bits per heavy atom. The van der Waals surface area contributed by atoms with E-state index in [1.54, 1.807) is 18.3 Å². The minimum absolute atomic E-state index is 0.0222. The Labute approximate surface area is 203 Å². The molecule has 9 heteroatoms. The van der Waals surface area contributed by atoms with Crippen LogP contribution in [0, 0.1) is 19.8 Å². The van der Waals surface area contributed by atoms with Gasteiger partial charge in [0, 0.05) is 35.7 Å². The van der Waals surface area contributed by atoms with Crippen LogP contribution in [-0.4, -0.2) is 39.9 Å². The summed E-state index contributed by atoms with van der Waals surface area (Å²) in [6.07, 6.45) is 3.27. The molecule has 8 nitrogen and oxygen atoms in total. The van der Waals surface area contributed by atoms with Crippen LogP contribution in [0.3, 0.4) is 0 Å². The molecule has 0 bridgehead atoms. The first-order valence-corrected chi connectivity index (χ1v) is 12.3. The van der Waals surface area contributed by atoms with Crippen molar-refractivity contribution in [2.75, 3.05) is 18.4 Å². The van der Waals surface area contributed by atoms with Gasteiger partial charge in [0.2, 0.25) is 5.91 Å². The molecule has 0 spiro atoms. The Morgan fingerprint density at radius 3 is 2.71 bits per heavy atom. The zero-order valence-corrected chi connectivity index (χ0v) is 20.2. The van der Waals surface area contributed by atoms with Crippen LogP contribution in [0.15, 0.2) is 52.1 Å². The SMILES string of the molecule is Cc1noc(C)c1CSc1ncccc1C(=O)Nc1cccc(CN2CCC(C(N)=O)CC2)c1. The molecule has 3 N–H and O–H groups in total. The van der Waals surface area contributed by atoms with Crippen molar-refractivity contribution in [3.05, 3.63) is 70.7 Å². The van der Waals surface area contributed by atoms with E-state index >= 15 is 0 Å². The number of anilines is 1. The molecule has 1 aliphatic rings. The molecule has 4 rings (SSSR count). The van der Waals surface area contributed by atoms with E-state index in [0.29, 0.717) is 16.3 Å². The minimum atomic E-state index is -0.205. The van der Waals surface area contributed by atoms with Crippen molar-refractivity contribution in [2.24, 2.45) is 11.7 Å². The maximum Gasteiger partial charge on any atom is 0.258 e. The van der Waals surface area contributed by atoms with Crippen molar-refractivity contribution in [1.82, 2.24) is 15.0 Å². The number of thioether (sulfide) groups is 1. The van der Waals surface area contributed by atoms with Gasteiger partial charge in [-0.1, -0.05) is 17.3 Å². The van der Waals surface area contributed by atoms with E-state index in [4.69, 9.17) is 10.3 Å². The van der Waals surface area contributed by atoms with Gasteiger partial charge in [0.25, 0.3) is 5.91 Å². The second kappa shape index (κ2) is 10.8. The quantitative estimate of drug-likeness (QED) is 0.471. The summed E-state index contributed by atoms with van der Waals surface area (Å²) < 4.78 is 5.23. The Bertz CT molecular complexity index is 1150. The van der Waals surface area contributed by atoms with Crippen LogP contribution in [0.1, 0.15) is 45.8 Å². The first-order valence-electron chi connectivity index (χ1n) is 11.3. The van der Waals surface area contributed by atoms with E-state index in [0.717, 1.165) is 60.7 Å². The van der Waals surface area contributed by atoms with Crippen LogP contribution in [-0.2, 0) is 17.1 Å². The molecule has 34 heavy (non-hydrogen) atoms. The molecule has 1 saturated heterocycles. The Kier molecular flexibility index (Phi) is 7.64. The summed E-state index contributed by atoms with van der Waals surface area (Å²) in [6, 6.07) is 11.4. The summed E-state index contributed by atoms with van der Waals surface area (Å²) in [5.41, 5.74) is 9.68. The number of carbonyl (C=O) groups is 2. The summed E-state index contributed by atoms with van der Waals surface area (Å²) in [5.74, 6) is 0.979. The van der Waals surface area contributed by atoms with Gasteiger partial charge >= 0.3 is 0 Å². The molecule has 2 aromatic heterocycles. The summed E-state index contributed by atoms with van der Waals surface area (Å²) in [5, 5.41) is 7.66. The predicted octanol–water partition coefficient (Wildman–Crippen LogP) is 3.93. The lowest BCUT2D eigenvalue weighted by Gasteiger charge is -2.30. The zero-order chi connectivity index (χ0) is 24.1. The first-order chi connectivity index (χ1) is 16.4. The second-order valence-electron chi connectivity index (χ2n) is 8.55. The molecule has 0 atom stereocenters. The largest absolute Gasteiger partial charge is 0.369 e. The monoisotopic (exact) mass is 479 g/mol. The van der Waals surface area contributed by atoms with Gasteiger partial charge in [-0.05, 0) is 69.6 Å². The fourth-order valence-corrected chi connectivity index (χ4v) is 5.25. The van der Waals surface area contributed by atoms with Gasteiger partial charge in [0.1, 0.15) is 10.8 Å². The van der Waals surface area contributed by atoms with Crippen LogP contribution in [0.5, 0.6) is 0 Å². The van der Waals surface area contributed by atoms with Crippen LogP contribution in [0.25, 0.3) is 0 Å². The fourth-order valence-electron chi connectivity index (χ4n) is 4.11.